The minimum atomic E-state index is -0.0360. The van der Waals surface area contributed by atoms with E-state index in [4.69, 9.17) is 4.74 Å². The standard InChI is InChI=1S/C11H11BrN4O2S/c1-16-11(13-14-15-16)19-6-9(17)8-5-7(12)3-4-10(8)18-2/h3-5H,6H2,1-2H3. The normalized spacial score (nSPS) is 10.5. The van der Waals surface area contributed by atoms with Crippen LogP contribution in [-0.4, -0.2) is 38.9 Å². The van der Waals surface area contributed by atoms with Gasteiger partial charge in [-0.05, 0) is 28.6 Å². The Hall–Kier alpha value is -1.41. The average Bonchev–Trinajstić information content (AvgIpc) is 2.81. The third-order valence-corrected chi connectivity index (χ3v) is 3.88. The highest BCUT2D eigenvalue weighted by Crippen LogP contribution is 2.25. The number of rotatable bonds is 5. The first-order chi connectivity index (χ1) is 9.11. The van der Waals surface area contributed by atoms with Crippen molar-refractivity contribution in [2.75, 3.05) is 12.9 Å². The van der Waals surface area contributed by atoms with Crippen LogP contribution < -0.4 is 4.74 Å². The zero-order valence-corrected chi connectivity index (χ0v) is 12.7. The molecule has 0 aliphatic rings. The number of ketones is 1. The molecule has 2 rings (SSSR count). The molecule has 1 aromatic heterocycles. The molecular weight excluding hydrogens is 332 g/mol. The molecule has 0 aliphatic heterocycles. The van der Waals surface area contributed by atoms with Gasteiger partial charge in [0, 0.05) is 11.5 Å². The van der Waals surface area contributed by atoms with Crippen LogP contribution in [0, 0.1) is 0 Å². The molecule has 0 N–H and O–H groups in total. The number of benzene rings is 1. The first kappa shape index (κ1) is 14.0. The van der Waals surface area contributed by atoms with Crippen molar-refractivity contribution < 1.29 is 9.53 Å². The van der Waals surface area contributed by atoms with Gasteiger partial charge in [-0.25, -0.2) is 4.68 Å². The number of methoxy groups -OCH3 is 1. The third-order valence-electron chi connectivity index (χ3n) is 2.38. The molecule has 0 aliphatic carbocycles. The smallest absolute Gasteiger partial charge is 0.209 e. The Labute approximate surface area is 122 Å². The number of hydrogen-bond donors (Lipinski definition) is 0. The quantitative estimate of drug-likeness (QED) is 0.611. The molecule has 0 radical (unpaired) electrons. The summed E-state index contributed by atoms with van der Waals surface area (Å²) in [5.74, 6) is 0.775. The van der Waals surface area contributed by atoms with Crippen molar-refractivity contribution in [2.24, 2.45) is 7.05 Å². The summed E-state index contributed by atoms with van der Waals surface area (Å²) >= 11 is 4.63. The highest BCUT2D eigenvalue weighted by molar-refractivity contribution is 9.10. The van der Waals surface area contributed by atoms with Crippen LogP contribution in [0.2, 0.25) is 0 Å². The molecule has 19 heavy (non-hydrogen) atoms. The molecule has 0 saturated heterocycles. The zero-order valence-electron chi connectivity index (χ0n) is 10.3. The molecule has 0 bridgehead atoms. The van der Waals surface area contributed by atoms with Crippen LogP contribution in [0.5, 0.6) is 5.75 Å². The lowest BCUT2D eigenvalue weighted by molar-refractivity contribution is 0.101. The minimum absolute atomic E-state index is 0.0360. The summed E-state index contributed by atoms with van der Waals surface area (Å²) in [6, 6.07) is 5.33. The van der Waals surface area contributed by atoms with Gasteiger partial charge in [0.1, 0.15) is 5.75 Å². The Morgan fingerprint density at radius 1 is 1.53 bits per heavy atom. The lowest BCUT2D eigenvalue weighted by atomic mass is 10.1. The largest absolute Gasteiger partial charge is 0.496 e. The molecule has 0 fully saturated rings. The van der Waals surface area contributed by atoms with Crippen molar-refractivity contribution in [1.82, 2.24) is 20.2 Å². The number of tetrazole rings is 1. The maximum Gasteiger partial charge on any atom is 0.209 e. The van der Waals surface area contributed by atoms with E-state index in [1.54, 1.807) is 26.3 Å². The molecule has 0 saturated carbocycles. The topological polar surface area (TPSA) is 69.9 Å². The van der Waals surface area contributed by atoms with Crippen molar-refractivity contribution >= 4 is 33.5 Å². The molecule has 0 unspecified atom stereocenters. The second kappa shape index (κ2) is 6.16. The molecule has 8 heteroatoms. The van der Waals surface area contributed by atoms with Crippen LogP contribution in [0.15, 0.2) is 27.8 Å². The van der Waals surface area contributed by atoms with Crippen molar-refractivity contribution in [3.8, 4) is 5.75 Å². The van der Waals surface area contributed by atoms with E-state index in [1.165, 1.54) is 16.4 Å². The summed E-state index contributed by atoms with van der Waals surface area (Å²) in [5.41, 5.74) is 0.541. The SMILES string of the molecule is COc1ccc(Br)cc1C(=O)CSc1nnnn1C. The number of ether oxygens (including phenoxy) is 1. The van der Waals surface area contributed by atoms with Gasteiger partial charge in [-0.15, -0.1) is 5.10 Å². The van der Waals surface area contributed by atoms with E-state index >= 15 is 0 Å². The van der Waals surface area contributed by atoms with Gasteiger partial charge in [-0.3, -0.25) is 4.79 Å². The highest BCUT2D eigenvalue weighted by atomic mass is 79.9. The Morgan fingerprint density at radius 2 is 2.32 bits per heavy atom. The summed E-state index contributed by atoms with van der Waals surface area (Å²) in [4.78, 5) is 12.2. The van der Waals surface area contributed by atoms with Gasteiger partial charge in [-0.2, -0.15) is 0 Å². The molecule has 0 atom stereocenters. The van der Waals surface area contributed by atoms with Crippen LogP contribution in [0.4, 0.5) is 0 Å². The minimum Gasteiger partial charge on any atom is -0.496 e. The number of nitrogens with zero attached hydrogens (tertiary/aromatic N) is 4. The summed E-state index contributed by atoms with van der Waals surface area (Å²) in [7, 11) is 3.27. The van der Waals surface area contributed by atoms with Gasteiger partial charge in [0.2, 0.25) is 5.16 Å². The lowest BCUT2D eigenvalue weighted by Crippen LogP contribution is -2.06. The Morgan fingerprint density at radius 3 is 2.95 bits per heavy atom. The van der Waals surface area contributed by atoms with E-state index in [2.05, 4.69) is 31.5 Å². The Balaban J connectivity index is 2.12. The van der Waals surface area contributed by atoms with Gasteiger partial charge < -0.3 is 4.74 Å². The van der Waals surface area contributed by atoms with Gasteiger partial charge in [0.15, 0.2) is 5.78 Å². The summed E-state index contributed by atoms with van der Waals surface area (Å²) < 4.78 is 7.54. The molecule has 1 aromatic carbocycles. The summed E-state index contributed by atoms with van der Waals surface area (Å²) in [5, 5.41) is 11.6. The maximum atomic E-state index is 12.2. The molecule has 1 heterocycles. The number of carbonyl (C=O) groups is 1. The van der Waals surface area contributed by atoms with Gasteiger partial charge in [0.05, 0.1) is 18.4 Å². The van der Waals surface area contributed by atoms with E-state index in [-0.39, 0.29) is 11.5 Å². The monoisotopic (exact) mass is 342 g/mol. The molecule has 2 aromatic rings. The number of aromatic nitrogens is 4. The van der Waals surface area contributed by atoms with E-state index in [1.807, 2.05) is 6.07 Å². The third kappa shape index (κ3) is 3.32. The van der Waals surface area contributed by atoms with Crippen molar-refractivity contribution in [2.45, 2.75) is 5.16 Å². The molecule has 0 amide bonds. The van der Waals surface area contributed by atoms with E-state index in [0.29, 0.717) is 16.5 Å². The Bertz CT molecular complexity index is 602. The fraction of sp³-hybridized carbons (Fsp3) is 0.273. The number of halogens is 1. The molecule has 6 nitrogen and oxygen atoms in total. The number of Topliss-reactive ketones (excluding diaryl/α,β-unsaturated/α-hetero) is 1. The predicted octanol–water partition coefficient (Wildman–Crippen LogP) is 1.96. The fourth-order valence-electron chi connectivity index (χ4n) is 1.45. The summed E-state index contributed by atoms with van der Waals surface area (Å²) in [6.07, 6.45) is 0. The van der Waals surface area contributed by atoms with Crippen LogP contribution in [-0.2, 0) is 7.05 Å². The summed E-state index contributed by atoms with van der Waals surface area (Å²) in [6.45, 7) is 0. The second-order valence-corrected chi connectivity index (χ2v) is 5.50. The number of aryl methyl sites for hydroxylation is 1. The van der Waals surface area contributed by atoms with E-state index in [9.17, 15) is 4.79 Å². The van der Waals surface area contributed by atoms with Gasteiger partial charge in [-0.1, -0.05) is 27.7 Å². The molecule has 0 spiro atoms. The van der Waals surface area contributed by atoms with Crippen LogP contribution in [0.3, 0.4) is 0 Å². The van der Waals surface area contributed by atoms with Crippen LogP contribution in [0.25, 0.3) is 0 Å². The average molecular weight is 343 g/mol. The maximum absolute atomic E-state index is 12.2. The van der Waals surface area contributed by atoms with Crippen molar-refractivity contribution in [3.63, 3.8) is 0 Å². The zero-order chi connectivity index (χ0) is 13.8. The van der Waals surface area contributed by atoms with Crippen LogP contribution in [0.1, 0.15) is 10.4 Å². The molecular formula is C11H11BrN4O2S. The first-order valence-corrected chi connectivity index (χ1v) is 7.11. The van der Waals surface area contributed by atoms with E-state index in [0.717, 1.165) is 4.47 Å². The van der Waals surface area contributed by atoms with E-state index < -0.39 is 0 Å². The van der Waals surface area contributed by atoms with Gasteiger partial charge in [0.25, 0.3) is 0 Å². The Kier molecular flexibility index (Phi) is 4.54. The number of carbonyl (C=O) groups excluding carboxylic acids is 1. The lowest BCUT2D eigenvalue weighted by Gasteiger charge is -2.07. The van der Waals surface area contributed by atoms with Crippen molar-refractivity contribution in [1.29, 1.82) is 0 Å². The fourth-order valence-corrected chi connectivity index (χ4v) is 2.54. The van der Waals surface area contributed by atoms with Gasteiger partial charge >= 0.3 is 0 Å². The molecule has 100 valence electrons. The number of thioether (sulfide) groups is 1. The highest BCUT2D eigenvalue weighted by Gasteiger charge is 2.14. The second-order valence-electron chi connectivity index (χ2n) is 3.64. The van der Waals surface area contributed by atoms with Crippen LogP contribution >= 0.6 is 27.7 Å². The first-order valence-electron chi connectivity index (χ1n) is 5.33. The number of hydrogen-bond acceptors (Lipinski definition) is 6. The predicted molar refractivity (Wildman–Crippen MR) is 74.5 cm³/mol. The van der Waals surface area contributed by atoms with Crippen molar-refractivity contribution in [3.05, 3.63) is 28.2 Å².